The predicted molar refractivity (Wildman–Crippen MR) is 121 cm³/mol. The summed E-state index contributed by atoms with van der Waals surface area (Å²) in [5.74, 6) is -0.994. The first-order valence-electron chi connectivity index (χ1n) is 9.66. The number of carbonyl (C=O) groups excluding carboxylic acids is 2. The zero-order chi connectivity index (χ0) is 22.0. The van der Waals surface area contributed by atoms with Crippen LogP contribution < -0.4 is 10.2 Å². The van der Waals surface area contributed by atoms with Crippen LogP contribution in [0.25, 0.3) is 5.57 Å². The minimum Gasteiger partial charge on any atom is -0.321 e. The lowest BCUT2D eigenvalue weighted by Gasteiger charge is -2.17. The van der Waals surface area contributed by atoms with E-state index in [0.29, 0.717) is 28.5 Å². The zero-order valence-corrected chi connectivity index (χ0v) is 17.5. The molecule has 31 heavy (non-hydrogen) atoms. The Bertz CT molecular complexity index is 1260. The number of aryl methyl sites for hydroxylation is 1. The summed E-state index contributed by atoms with van der Waals surface area (Å²) in [5, 5.41) is 13.1. The minimum atomic E-state index is -0.611. The maximum atomic E-state index is 13.4. The van der Waals surface area contributed by atoms with Gasteiger partial charge in [-0.1, -0.05) is 54.1 Å². The van der Waals surface area contributed by atoms with Crippen LogP contribution >= 0.6 is 11.6 Å². The number of para-hydroxylation sites is 1. The van der Waals surface area contributed by atoms with Gasteiger partial charge in [0.15, 0.2) is 0 Å². The minimum absolute atomic E-state index is 0.109. The van der Waals surface area contributed by atoms with Crippen molar-refractivity contribution in [3.05, 3.63) is 100 Å². The van der Waals surface area contributed by atoms with Crippen LogP contribution in [0.1, 0.15) is 16.7 Å². The SMILES string of the molecule is Cc1cccc(NC(=O)C(C#N)=C2C(=O)N(Cc3ccc(Cl)cc3)c3ccccc32)c1. The molecule has 3 aromatic rings. The number of benzene rings is 3. The Balaban J connectivity index is 1.73. The molecular formula is C25H18ClN3O2. The van der Waals surface area contributed by atoms with Crippen LogP contribution in [0, 0.1) is 18.3 Å². The fourth-order valence-electron chi connectivity index (χ4n) is 3.59. The highest BCUT2D eigenvalue weighted by Gasteiger charge is 2.36. The molecule has 1 aliphatic rings. The fraction of sp³-hybridized carbons (Fsp3) is 0.0800. The molecule has 5 nitrogen and oxygen atoms in total. The van der Waals surface area contributed by atoms with Gasteiger partial charge in [0.25, 0.3) is 11.8 Å². The second kappa shape index (κ2) is 8.47. The predicted octanol–water partition coefficient (Wildman–Crippen LogP) is 5.11. The first-order chi connectivity index (χ1) is 15.0. The van der Waals surface area contributed by atoms with Gasteiger partial charge in [0, 0.05) is 16.3 Å². The molecule has 1 N–H and O–H groups in total. The van der Waals surface area contributed by atoms with Crippen molar-refractivity contribution in [2.75, 3.05) is 10.2 Å². The number of fused-ring (bicyclic) bond motifs is 1. The van der Waals surface area contributed by atoms with Gasteiger partial charge in [0.2, 0.25) is 0 Å². The molecule has 0 radical (unpaired) electrons. The van der Waals surface area contributed by atoms with Gasteiger partial charge in [-0.05, 0) is 48.4 Å². The van der Waals surface area contributed by atoms with Crippen LogP contribution in [0.5, 0.6) is 0 Å². The zero-order valence-electron chi connectivity index (χ0n) is 16.7. The molecule has 6 heteroatoms. The lowest BCUT2D eigenvalue weighted by atomic mass is 10.0. The van der Waals surface area contributed by atoms with E-state index >= 15 is 0 Å². The Morgan fingerprint density at radius 3 is 2.52 bits per heavy atom. The molecular weight excluding hydrogens is 410 g/mol. The van der Waals surface area contributed by atoms with Crippen molar-refractivity contribution in [1.82, 2.24) is 0 Å². The average molecular weight is 428 g/mol. The Kier molecular flexibility index (Phi) is 5.57. The number of hydrogen-bond acceptors (Lipinski definition) is 3. The lowest BCUT2D eigenvalue weighted by molar-refractivity contribution is -0.114. The number of nitrogens with zero attached hydrogens (tertiary/aromatic N) is 2. The molecule has 1 aliphatic heterocycles. The Morgan fingerprint density at radius 2 is 1.81 bits per heavy atom. The number of rotatable bonds is 4. The lowest BCUT2D eigenvalue weighted by Crippen LogP contribution is -2.27. The van der Waals surface area contributed by atoms with E-state index in [1.807, 2.05) is 49.4 Å². The molecule has 0 atom stereocenters. The molecule has 2 amide bonds. The molecule has 0 aromatic heterocycles. The number of halogens is 1. The van der Waals surface area contributed by atoms with E-state index in [1.54, 1.807) is 41.3 Å². The molecule has 0 unspecified atom stereocenters. The molecule has 0 spiro atoms. The summed E-state index contributed by atoms with van der Waals surface area (Å²) in [6.45, 7) is 2.21. The summed E-state index contributed by atoms with van der Waals surface area (Å²) < 4.78 is 0. The number of amides is 2. The standard InChI is InChI=1S/C25H18ClN3O2/c1-16-5-4-6-19(13-16)28-24(30)21(14-27)23-20-7-2-3-8-22(20)29(25(23)31)15-17-9-11-18(26)12-10-17/h2-13H,15H2,1H3,(H,28,30). The van der Waals surface area contributed by atoms with Gasteiger partial charge >= 0.3 is 0 Å². The first-order valence-corrected chi connectivity index (χ1v) is 10.0. The third kappa shape index (κ3) is 4.07. The monoisotopic (exact) mass is 427 g/mol. The highest BCUT2D eigenvalue weighted by Crippen LogP contribution is 2.39. The molecule has 4 rings (SSSR count). The van der Waals surface area contributed by atoms with E-state index in [2.05, 4.69) is 5.32 Å². The normalized spacial score (nSPS) is 14.1. The summed E-state index contributed by atoms with van der Waals surface area (Å²) in [4.78, 5) is 27.9. The van der Waals surface area contributed by atoms with Gasteiger partial charge in [-0.15, -0.1) is 0 Å². The van der Waals surface area contributed by atoms with Gasteiger partial charge in [0.05, 0.1) is 17.8 Å². The van der Waals surface area contributed by atoms with Crippen LogP contribution in [0.2, 0.25) is 5.02 Å². The quantitative estimate of drug-likeness (QED) is 0.464. The molecule has 3 aromatic carbocycles. The maximum absolute atomic E-state index is 13.4. The number of nitrogens with one attached hydrogen (secondary N) is 1. The van der Waals surface area contributed by atoms with Gasteiger partial charge in [-0.2, -0.15) is 5.26 Å². The Labute approximate surface area is 185 Å². The van der Waals surface area contributed by atoms with E-state index in [-0.39, 0.29) is 17.1 Å². The van der Waals surface area contributed by atoms with Crippen molar-refractivity contribution in [3.8, 4) is 6.07 Å². The first kappa shape index (κ1) is 20.4. The molecule has 0 aliphatic carbocycles. The molecule has 0 fully saturated rings. The van der Waals surface area contributed by atoms with E-state index in [0.717, 1.165) is 11.1 Å². The molecule has 152 valence electrons. The second-order valence-corrected chi connectivity index (χ2v) is 7.66. The Hall–Kier alpha value is -3.88. The van der Waals surface area contributed by atoms with Gasteiger partial charge < -0.3 is 10.2 Å². The van der Waals surface area contributed by atoms with Crippen LogP contribution in [0.15, 0.2) is 78.4 Å². The van der Waals surface area contributed by atoms with E-state index in [1.165, 1.54) is 0 Å². The number of carbonyl (C=O) groups is 2. The van der Waals surface area contributed by atoms with E-state index < -0.39 is 5.91 Å². The topological polar surface area (TPSA) is 73.2 Å². The van der Waals surface area contributed by atoms with E-state index in [9.17, 15) is 14.9 Å². The number of nitriles is 1. The largest absolute Gasteiger partial charge is 0.321 e. The van der Waals surface area contributed by atoms with Crippen LogP contribution in [-0.2, 0) is 16.1 Å². The van der Waals surface area contributed by atoms with Crippen molar-refractivity contribution >= 4 is 40.4 Å². The highest BCUT2D eigenvalue weighted by atomic mass is 35.5. The maximum Gasteiger partial charge on any atom is 0.267 e. The summed E-state index contributed by atoms with van der Waals surface area (Å²) >= 11 is 5.96. The Morgan fingerprint density at radius 1 is 1.06 bits per heavy atom. The van der Waals surface area contributed by atoms with Crippen LogP contribution in [-0.4, -0.2) is 11.8 Å². The highest BCUT2D eigenvalue weighted by molar-refractivity contribution is 6.37. The number of anilines is 2. The van der Waals surface area contributed by atoms with Crippen LogP contribution in [0.3, 0.4) is 0 Å². The van der Waals surface area contributed by atoms with Crippen LogP contribution in [0.4, 0.5) is 11.4 Å². The molecule has 0 saturated carbocycles. The van der Waals surface area contributed by atoms with Crippen molar-refractivity contribution in [3.63, 3.8) is 0 Å². The van der Waals surface area contributed by atoms with Crippen molar-refractivity contribution < 1.29 is 9.59 Å². The van der Waals surface area contributed by atoms with Gasteiger partial charge in [-0.25, -0.2) is 0 Å². The third-order valence-electron chi connectivity index (χ3n) is 5.04. The summed E-state index contributed by atoms with van der Waals surface area (Å²) in [6.07, 6.45) is 0. The van der Waals surface area contributed by atoms with Gasteiger partial charge in [0.1, 0.15) is 11.6 Å². The molecule has 0 bridgehead atoms. The van der Waals surface area contributed by atoms with E-state index in [4.69, 9.17) is 11.6 Å². The summed E-state index contributed by atoms with van der Waals surface area (Å²) in [5.41, 5.74) is 3.55. The average Bonchev–Trinajstić information content (AvgIpc) is 3.02. The van der Waals surface area contributed by atoms with Crippen molar-refractivity contribution in [1.29, 1.82) is 5.26 Å². The summed E-state index contributed by atoms with van der Waals surface area (Å²) in [7, 11) is 0. The van der Waals surface area contributed by atoms with Crippen molar-refractivity contribution in [2.45, 2.75) is 13.5 Å². The third-order valence-corrected chi connectivity index (χ3v) is 5.29. The molecule has 0 saturated heterocycles. The van der Waals surface area contributed by atoms with Crippen molar-refractivity contribution in [2.24, 2.45) is 0 Å². The molecule has 1 heterocycles. The van der Waals surface area contributed by atoms with Gasteiger partial charge in [-0.3, -0.25) is 9.59 Å². The summed E-state index contributed by atoms with van der Waals surface area (Å²) in [6, 6.07) is 23.6. The number of hydrogen-bond donors (Lipinski definition) is 1. The second-order valence-electron chi connectivity index (χ2n) is 7.22. The fourth-order valence-corrected chi connectivity index (χ4v) is 3.71. The smallest absolute Gasteiger partial charge is 0.267 e.